The number of hydrogen-bond acceptors (Lipinski definition) is 9. The summed E-state index contributed by atoms with van der Waals surface area (Å²) in [6, 6.07) is 0. The molecule has 2 atom stereocenters. The van der Waals surface area contributed by atoms with Crippen LogP contribution >= 0.6 is 0 Å². The Hall–Kier alpha value is -2.17. The minimum atomic E-state index is -0.911. The van der Waals surface area contributed by atoms with Gasteiger partial charge in [0.15, 0.2) is 0 Å². The zero-order valence-electron chi connectivity index (χ0n) is 14.9. The Kier molecular flexibility index (Phi) is 7.34. The zero-order valence-corrected chi connectivity index (χ0v) is 14.9. The number of carbonyl (C=O) groups is 1. The molecule has 0 bridgehead atoms. The third-order valence-corrected chi connectivity index (χ3v) is 4.33. The van der Waals surface area contributed by atoms with Gasteiger partial charge in [-0.25, -0.2) is 0 Å². The van der Waals surface area contributed by atoms with E-state index in [0.29, 0.717) is 12.8 Å². The first-order valence-corrected chi connectivity index (χ1v) is 8.07. The highest BCUT2D eigenvalue weighted by Gasteiger charge is 2.40. The highest BCUT2D eigenvalue weighted by atomic mass is 17.0. The van der Waals surface area contributed by atoms with Gasteiger partial charge in [0.1, 0.15) is 6.61 Å². The van der Waals surface area contributed by atoms with E-state index in [4.69, 9.17) is 4.84 Å². The fourth-order valence-electron chi connectivity index (χ4n) is 2.60. The number of carbonyl (C=O) groups excluding carboxylic acids is 1. The van der Waals surface area contributed by atoms with Gasteiger partial charge in [-0.15, -0.1) is 25.3 Å². The lowest BCUT2D eigenvalue weighted by molar-refractivity contribution is -0.763. The molecule has 1 aliphatic heterocycles. The van der Waals surface area contributed by atoms with Gasteiger partial charge >= 0.3 is 5.97 Å². The van der Waals surface area contributed by atoms with Crippen molar-refractivity contribution in [3.63, 3.8) is 0 Å². The van der Waals surface area contributed by atoms with Gasteiger partial charge in [-0.05, 0) is 32.6 Å². The number of nitrogens with zero attached hydrogens (tertiary/aromatic N) is 3. The first-order valence-electron chi connectivity index (χ1n) is 8.07. The molecule has 0 aromatic heterocycles. The van der Waals surface area contributed by atoms with Crippen molar-refractivity contribution in [1.82, 2.24) is 5.06 Å². The summed E-state index contributed by atoms with van der Waals surface area (Å²) in [6.07, 6.45) is 1.08. The van der Waals surface area contributed by atoms with Crippen LogP contribution in [-0.2, 0) is 19.3 Å². The van der Waals surface area contributed by atoms with E-state index >= 15 is 0 Å². The lowest BCUT2D eigenvalue weighted by Gasteiger charge is -2.36. The molecule has 11 heteroatoms. The van der Waals surface area contributed by atoms with Crippen LogP contribution in [0.3, 0.4) is 0 Å². The van der Waals surface area contributed by atoms with Crippen molar-refractivity contribution in [3.8, 4) is 0 Å². The van der Waals surface area contributed by atoms with Crippen LogP contribution in [0.1, 0.15) is 40.5 Å². The van der Waals surface area contributed by atoms with Gasteiger partial charge in [0, 0.05) is 12.5 Å². The molecular formula is C14H25N3O8. The van der Waals surface area contributed by atoms with Crippen LogP contribution in [0.15, 0.2) is 0 Å². The SMILES string of the molecule is CC(C)C(=O)ON1CC(CO[N+](=O)[O-])C(CO[N+](=O)[O-])CCC1(C)C. The molecule has 1 rings (SSSR count). The summed E-state index contributed by atoms with van der Waals surface area (Å²) in [5.41, 5.74) is -0.527. The maximum atomic E-state index is 12.0. The molecule has 0 aliphatic carbocycles. The van der Waals surface area contributed by atoms with Crippen LogP contribution in [0.4, 0.5) is 0 Å². The second-order valence-electron chi connectivity index (χ2n) is 7.04. The van der Waals surface area contributed by atoms with Gasteiger partial charge in [0.2, 0.25) is 0 Å². The summed E-state index contributed by atoms with van der Waals surface area (Å²) in [7, 11) is 0. The Bertz CT molecular complexity index is 496. The maximum Gasteiger partial charge on any atom is 0.327 e. The van der Waals surface area contributed by atoms with E-state index in [-0.39, 0.29) is 31.6 Å². The summed E-state index contributed by atoms with van der Waals surface area (Å²) >= 11 is 0. The molecule has 1 aliphatic rings. The number of rotatable bonds is 8. The Labute approximate surface area is 145 Å². The van der Waals surface area contributed by atoms with Crippen LogP contribution in [-0.4, -0.2) is 46.5 Å². The van der Waals surface area contributed by atoms with Crippen LogP contribution in [0.25, 0.3) is 0 Å². The number of hydroxylamine groups is 2. The predicted octanol–water partition coefficient (Wildman–Crippen LogP) is 1.62. The molecule has 25 heavy (non-hydrogen) atoms. The van der Waals surface area contributed by atoms with Crippen molar-refractivity contribution in [3.05, 3.63) is 20.2 Å². The highest BCUT2D eigenvalue weighted by Crippen LogP contribution is 2.34. The second kappa shape index (κ2) is 8.79. The third-order valence-electron chi connectivity index (χ3n) is 4.33. The Morgan fingerprint density at radius 3 is 2.16 bits per heavy atom. The van der Waals surface area contributed by atoms with Crippen molar-refractivity contribution in [2.45, 2.75) is 46.1 Å². The standard InChI is InChI=1S/C14H25N3O8/c1-10(2)13(18)25-15-7-12(9-24-17(21)22)11(8-23-16(19)20)5-6-14(15,3)4/h10-12H,5-9H2,1-4H3. The van der Waals surface area contributed by atoms with Crippen LogP contribution in [0.2, 0.25) is 0 Å². The molecular weight excluding hydrogens is 338 g/mol. The highest BCUT2D eigenvalue weighted by molar-refractivity contribution is 5.71. The second-order valence-corrected chi connectivity index (χ2v) is 7.04. The van der Waals surface area contributed by atoms with Gasteiger partial charge in [-0.2, -0.15) is 0 Å². The summed E-state index contributed by atoms with van der Waals surface area (Å²) in [4.78, 5) is 47.4. The van der Waals surface area contributed by atoms with Gasteiger partial charge < -0.3 is 14.5 Å². The molecule has 0 aromatic carbocycles. The van der Waals surface area contributed by atoms with Gasteiger partial charge in [0.25, 0.3) is 10.2 Å². The van der Waals surface area contributed by atoms with Crippen LogP contribution in [0, 0.1) is 38.0 Å². The molecule has 0 spiro atoms. The summed E-state index contributed by atoms with van der Waals surface area (Å²) in [6.45, 7) is 6.87. The topological polar surface area (TPSA) is 134 Å². The molecule has 0 radical (unpaired) electrons. The van der Waals surface area contributed by atoms with Crippen molar-refractivity contribution in [1.29, 1.82) is 0 Å². The monoisotopic (exact) mass is 363 g/mol. The van der Waals surface area contributed by atoms with Crippen LogP contribution in [0.5, 0.6) is 0 Å². The molecule has 144 valence electrons. The molecule has 1 saturated heterocycles. The lowest BCUT2D eigenvalue weighted by Crippen LogP contribution is -2.47. The lowest BCUT2D eigenvalue weighted by atomic mass is 9.88. The Balaban J connectivity index is 2.94. The quantitative estimate of drug-likeness (QED) is 0.465. The van der Waals surface area contributed by atoms with Crippen molar-refractivity contribution in [2.24, 2.45) is 17.8 Å². The van der Waals surface area contributed by atoms with E-state index in [1.54, 1.807) is 13.8 Å². The summed E-state index contributed by atoms with van der Waals surface area (Å²) in [5.74, 6) is -1.55. The molecule has 1 heterocycles. The van der Waals surface area contributed by atoms with Gasteiger partial charge in [-0.1, -0.05) is 13.8 Å². The first kappa shape index (κ1) is 20.9. The summed E-state index contributed by atoms with van der Waals surface area (Å²) in [5, 5.41) is 20.7. The minimum Gasteiger partial charge on any atom is -0.367 e. The van der Waals surface area contributed by atoms with E-state index in [1.165, 1.54) is 5.06 Å². The fraction of sp³-hybridized carbons (Fsp3) is 0.929. The van der Waals surface area contributed by atoms with Gasteiger partial charge in [0.05, 0.1) is 18.1 Å². The van der Waals surface area contributed by atoms with E-state index < -0.39 is 27.6 Å². The predicted molar refractivity (Wildman–Crippen MR) is 83.8 cm³/mol. The first-order chi connectivity index (χ1) is 11.5. The van der Waals surface area contributed by atoms with Crippen LogP contribution < -0.4 is 0 Å². The zero-order chi connectivity index (χ0) is 19.2. The van der Waals surface area contributed by atoms with E-state index in [0.717, 1.165) is 0 Å². The smallest absolute Gasteiger partial charge is 0.327 e. The Morgan fingerprint density at radius 1 is 1.16 bits per heavy atom. The molecule has 0 aromatic rings. The average Bonchev–Trinajstić information content (AvgIpc) is 2.60. The molecule has 0 amide bonds. The van der Waals surface area contributed by atoms with E-state index in [2.05, 4.69) is 9.68 Å². The maximum absolute atomic E-state index is 12.0. The Morgan fingerprint density at radius 2 is 1.68 bits per heavy atom. The van der Waals surface area contributed by atoms with E-state index in [1.807, 2.05) is 13.8 Å². The summed E-state index contributed by atoms with van der Waals surface area (Å²) < 4.78 is 0. The molecule has 1 fully saturated rings. The molecule has 0 N–H and O–H groups in total. The molecule has 2 unspecified atom stereocenters. The molecule has 0 saturated carbocycles. The van der Waals surface area contributed by atoms with E-state index in [9.17, 15) is 25.0 Å². The van der Waals surface area contributed by atoms with Gasteiger partial charge in [-0.3, -0.25) is 4.79 Å². The number of hydrogen-bond donors (Lipinski definition) is 0. The van der Waals surface area contributed by atoms with Crippen molar-refractivity contribution >= 4 is 5.97 Å². The average molecular weight is 363 g/mol. The molecule has 11 nitrogen and oxygen atoms in total. The fourth-order valence-corrected chi connectivity index (χ4v) is 2.60. The van der Waals surface area contributed by atoms with Crippen molar-refractivity contribution < 1.29 is 29.5 Å². The third kappa shape index (κ3) is 6.69. The minimum absolute atomic E-state index is 0.158. The normalized spacial score (nSPS) is 23.6. The van der Waals surface area contributed by atoms with Crippen molar-refractivity contribution in [2.75, 3.05) is 19.8 Å². The largest absolute Gasteiger partial charge is 0.367 e.